The van der Waals surface area contributed by atoms with Crippen LogP contribution in [0, 0.1) is 10.8 Å². The molecule has 0 saturated carbocycles. The quantitative estimate of drug-likeness (QED) is 0.219. The largest absolute Gasteiger partial charge is 0.409 e. The molecule has 0 spiro atoms. The van der Waals surface area contributed by atoms with Gasteiger partial charge in [-0.15, -0.1) is 0 Å². The van der Waals surface area contributed by atoms with Gasteiger partial charge in [-0.25, -0.2) is 0 Å². The summed E-state index contributed by atoms with van der Waals surface area (Å²) in [7, 11) is 2.20. The minimum absolute atomic E-state index is 0.228. The lowest BCUT2D eigenvalue weighted by Crippen LogP contribution is -2.42. The Hall–Kier alpha value is -0.810. The molecule has 0 aromatic rings. The van der Waals surface area contributed by atoms with Crippen molar-refractivity contribution < 1.29 is 5.21 Å². The van der Waals surface area contributed by atoms with E-state index in [1.54, 1.807) is 0 Å². The van der Waals surface area contributed by atoms with Crippen LogP contribution in [-0.4, -0.2) is 49.2 Å². The van der Waals surface area contributed by atoms with Crippen LogP contribution >= 0.6 is 0 Å². The summed E-state index contributed by atoms with van der Waals surface area (Å²) in [6.45, 7) is 10.9. The number of piperidine rings is 1. The normalized spacial score (nSPS) is 21.1. The highest BCUT2D eigenvalue weighted by atomic mass is 16.4. The zero-order valence-electron chi connectivity index (χ0n) is 13.6. The zero-order valence-corrected chi connectivity index (χ0v) is 13.6. The Morgan fingerprint density at radius 1 is 1.40 bits per heavy atom. The monoisotopic (exact) mass is 284 g/mol. The first kappa shape index (κ1) is 17.2. The molecular weight excluding hydrogens is 252 g/mol. The van der Waals surface area contributed by atoms with Gasteiger partial charge in [-0.1, -0.05) is 25.9 Å². The van der Waals surface area contributed by atoms with Gasteiger partial charge in [0.1, 0.15) is 5.84 Å². The van der Waals surface area contributed by atoms with Crippen LogP contribution in [0.3, 0.4) is 0 Å². The van der Waals surface area contributed by atoms with Crippen molar-refractivity contribution in [3.05, 3.63) is 0 Å². The van der Waals surface area contributed by atoms with E-state index in [-0.39, 0.29) is 5.41 Å². The van der Waals surface area contributed by atoms with Gasteiger partial charge in [0.25, 0.3) is 0 Å². The van der Waals surface area contributed by atoms with E-state index in [2.05, 4.69) is 29.3 Å². The van der Waals surface area contributed by atoms with Crippen molar-refractivity contribution >= 4 is 5.84 Å². The third-order valence-corrected chi connectivity index (χ3v) is 4.70. The number of likely N-dealkylation sites (tertiary alicyclic amines) is 1. The van der Waals surface area contributed by atoms with Crippen LogP contribution in [0.15, 0.2) is 5.16 Å². The highest BCUT2D eigenvalue weighted by Crippen LogP contribution is 2.29. The molecule has 0 amide bonds. The topological polar surface area (TPSA) is 73.9 Å². The molecule has 1 heterocycles. The molecular formula is C15H32N4O. The molecule has 0 unspecified atom stereocenters. The number of oxime groups is 1. The Bertz CT molecular complexity index is 320. The van der Waals surface area contributed by atoms with Crippen molar-refractivity contribution in [3.8, 4) is 0 Å². The maximum Gasteiger partial charge on any atom is 0.144 e. The van der Waals surface area contributed by atoms with Crippen LogP contribution in [0.1, 0.15) is 46.5 Å². The van der Waals surface area contributed by atoms with E-state index in [1.165, 1.54) is 25.9 Å². The summed E-state index contributed by atoms with van der Waals surface area (Å²) in [6.07, 6.45) is 4.51. The van der Waals surface area contributed by atoms with E-state index < -0.39 is 0 Å². The van der Waals surface area contributed by atoms with Crippen LogP contribution < -0.4 is 11.1 Å². The minimum atomic E-state index is -0.228. The second-order valence-electron chi connectivity index (χ2n) is 7.26. The van der Waals surface area contributed by atoms with Gasteiger partial charge < -0.3 is 21.2 Å². The Balaban J connectivity index is 2.19. The van der Waals surface area contributed by atoms with Crippen LogP contribution in [0.2, 0.25) is 0 Å². The van der Waals surface area contributed by atoms with Gasteiger partial charge in [0.05, 0.1) is 0 Å². The Morgan fingerprint density at radius 3 is 2.55 bits per heavy atom. The molecule has 1 aliphatic heterocycles. The van der Waals surface area contributed by atoms with Gasteiger partial charge in [-0.3, -0.25) is 0 Å². The molecule has 1 fully saturated rings. The lowest BCUT2D eigenvalue weighted by molar-refractivity contribution is 0.137. The molecule has 5 heteroatoms. The van der Waals surface area contributed by atoms with Gasteiger partial charge in [-0.2, -0.15) is 0 Å². The number of hydrogen-bond acceptors (Lipinski definition) is 4. The van der Waals surface area contributed by atoms with E-state index in [0.29, 0.717) is 11.3 Å². The van der Waals surface area contributed by atoms with E-state index in [4.69, 9.17) is 10.9 Å². The fourth-order valence-electron chi connectivity index (χ4n) is 2.64. The van der Waals surface area contributed by atoms with E-state index in [1.807, 2.05) is 13.8 Å². The number of rotatable bonds is 7. The average molecular weight is 284 g/mol. The van der Waals surface area contributed by atoms with Crippen molar-refractivity contribution in [2.24, 2.45) is 21.7 Å². The maximum absolute atomic E-state index is 8.74. The first-order chi connectivity index (χ1) is 9.29. The van der Waals surface area contributed by atoms with E-state index in [0.717, 1.165) is 25.9 Å². The van der Waals surface area contributed by atoms with Gasteiger partial charge in [-0.05, 0) is 57.8 Å². The Labute approximate surface area is 123 Å². The van der Waals surface area contributed by atoms with Crippen molar-refractivity contribution in [1.82, 2.24) is 10.2 Å². The molecule has 5 nitrogen and oxygen atoms in total. The zero-order chi connectivity index (χ0) is 15.2. The van der Waals surface area contributed by atoms with Gasteiger partial charge in [0.2, 0.25) is 0 Å². The standard InChI is InChI=1S/C15H32N4O/c1-14(2,13(16)18-20)6-5-9-17-12-15(3)7-10-19(4)11-8-15/h17,20H,5-12H2,1-4H3,(H2,16,18). The first-order valence-electron chi connectivity index (χ1n) is 7.66. The molecule has 1 aliphatic rings. The summed E-state index contributed by atoms with van der Waals surface area (Å²) in [5.41, 5.74) is 5.90. The molecule has 0 radical (unpaired) electrons. The highest BCUT2D eigenvalue weighted by Gasteiger charge is 2.28. The Morgan fingerprint density at radius 2 is 2.00 bits per heavy atom. The third kappa shape index (κ3) is 5.29. The molecule has 0 bridgehead atoms. The van der Waals surface area contributed by atoms with Gasteiger partial charge in [0.15, 0.2) is 0 Å². The molecule has 118 valence electrons. The maximum atomic E-state index is 8.74. The third-order valence-electron chi connectivity index (χ3n) is 4.70. The molecule has 1 rings (SSSR count). The smallest absolute Gasteiger partial charge is 0.144 e. The molecule has 20 heavy (non-hydrogen) atoms. The lowest BCUT2D eigenvalue weighted by atomic mass is 9.80. The lowest BCUT2D eigenvalue weighted by Gasteiger charge is -2.38. The average Bonchev–Trinajstić information content (AvgIpc) is 2.41. The first-order valence-corrected chi connectivity index (χ1v) is 7.66. The molecule has 0 atom stereocenters. The summed E-state index contributed by atoms with van der Waals surface area (Å²) >= 11 is 0. The second kappa shape index (κ2) is 7.27. The Kier molecular flexibility index (Phi) is 6.27. The van der Waals surface area contributed by atoms with Crippen molar-refractivity contribution in [2.45, 2.75) is 46.5 Å². The minimum Gasteiger partial charge on any atom is -0.409 e. The SMILES string of the molecule is CN1CCC(C)(CNCCCC(C)(C)C(N)=NO)CC1. The summed E-state index contributed by atoms with van der Waals surface area (Å²) < 4.78 is 0. The van der Waals surface area contributed by atoms with Crippen LogP contribution in [-0.2, 0) is 0 Å². The molecule has 0 aromatic heterocycles. The second-order valence-corrected chi connectivity index (χ2v) is 7.26. The fraction of sp³-hybridized carbons (Fsp3) is 0.933. The molecule has 4 N–H and O–H groups in total. The predicted octanol–water partition coefficient (Wildman–Crippen LogP) is 1.86. The number of nitrogens with zero attached hydrogens (tertiary/aromatic N) is 2. The summed E-state index contributed by atoms with van der Waals surface area (Å²) in [5.74, 6) is 0.319. The van der Waals surface area contributed by atoms with Gasteiger partial charge in [0, 0.05) is 12.0 Å². The highest BCUT2D eigenvalue weighted by molar-refractivity contribution is 5.85. The summed E-state index contributed by atoms with van der Waals surface area (Å²) in [5, 5.41) is 15.4. The predicted molar refractivity (Wildman–Crippen MR) is 84.1 cm³/mol. The number of nitrogens with one attached hydrogen (secondary N) is 1. The van der Waals surface area contributed by atoms with Crippen LogP contribution in [0.5, 0.6) is 0 Å². The summed E-state index contributed by atoms with van der Waals surface area (Å²) in [4.78, 5) is 2.40. The van der Waals surface area contributed by atoms with E-state index >= 15 is 0 Å². The number of nitrogens with two attached hydrogens (primary N) is 1. The van der Waals surface area contributed by atoms with Crippen molar-refractivity contribution in [1.29, 1.82) is 0 Å². The number of amidine groups is 1. The fourth-order valence-corrected chi connectivity index (χ4v) is 2.64. The molecule has 0 aliphatic carbocycles. The summed E-state index contributed by atoms with van der Waals surface area (Å²) in [6, 6.07) is 0. The van der Waals surface area contributed by atoms with Gasteiger partial charge >= 0.3 is 0 Å². The van der Waals surface area contributed by atoms with Crippen molar-refractivity contribution in [3.63, 3.8) is 0 Å². The molecule has 0 aromatic carbocycles. The number of hydrogen-bond donors (Lipinski definition) is 3. The molecule has 1 saturated heterocycles. The van der Waals surface area contributed by atoms with Crippen LogP contribution in [0.4, 0.5) is 0 Å². The van der Waals surface area contributed by atoms with E-state index in [9.17, 15) is 0 Å². The van der Waals surface area contributed by atoms with Crippen molar-refractivity contribution in [2.75, 3.05) is 33.2 Å². The van der Waals surface area contributed by atoms with Crippen LogP contribution in [0.25, 0.3) is 0 Å².